The van der Waals surface area contributed by atoms with Crippen LogP contribution in [0.1, 0.15) is 90.4 Å². The highest BCUT2D eigenvalue weighted by Crippen LogP contribution is 2.58. The average molecular weight is 1040 g/mol. The lowest BCUT2D eigenvalue weighted by atomic mass is 9.80. The molecule has 9 aromatic carbocycles. The predicted octanol–water partition coefficient (Wildman–Crippen LogP) is 13.1. The van der Waals surface area contributed by atoms with E-state index in [1.165, 1.54) is 9.80 Å². The quantitative estimate of drug-likeness (QED) is 0.0519. The minimum absolute atomic E-state index is 0.0790. The first-order valence-electron chi connectivity index (χ1n) is 26.1. The molecule has 11 rings (SSSR count). The number of imide groups is 2. The standard InChI is InChI=1S/C64H56N4O10/c1-9-23-65(7)51(69)33-67-61(71)43-29-47(75-39-19-11-15-35(3)25-39)55-57-49(77-41-21-13-17-37(5)27-41)31-45-54-46(64(74)68(63(45)73)34-52(70)66(8)24-10-2)32-50(78-42-22-14-18-38(6)28-42)58(60(54)57)56-48(76-40-20-12-16-36(4)26-40)30-44(62(67)72)53(43)59(55)56/h11-22,25-32H,9-10,23-24,33-34H2,1-8H3. The van der Waals surface area contributed by atoms with E-state index in [0.29, 0.717) is 81.2 Å². The summed E-state index contributed by atoms with van der Waals surface area (Å²) in [6.45, 7) is 11.3. The first-order valence-corrected chi connectivity index (χ1v) is 26.1. The Morgan fingerprint density at radius 1 is 0.385 bits per heavy atom. The SMILES string of the molecule is CCCN(C)C(=O)CN1C(=O)c2cc(Oc3cccc(C)c3)c3c4c(Oc5cccc(C)c5)cc5c6c(cc(Oc7cccc(C)c7)c(c7c(Oc8cccc(C)c8)cc(c2c37)C1=O)c64)C(=O)N(CC(=O)N(C)CCC)C5=O. The molecule has 0 N–H and O–H groups in total. The van der Waals surface area contributed by atoms with Gasteiger partial charge in [0.25, 0.3) is 23.6 Å². The molecule has 14 nitrogen and oxygen atoms in total. The van der Waals surface area contributed by atoms with Crippen LogP contribution >= 0.6 is 0 Å². The van der Waals surface area contributed by atoms with Gasteiger partial charge in [0.15, 0.2) is 0 Å². The van der Waals surface area contributed by atoms with E-state index in [1.54, 1.807) is 62.6 Å². The maximum absolute atomic E-state index is 15.3. The van der Waals surface area contributed by atoms with E-state index < -0.39 is 48.5 Å². The molecule has 0 saturated heterocycles. The molecule has 0 unspecified atom stereocenters. The molecule has 6 amide bonds. The fraction of sp³-hybridized carbons (Fsp3) is 0.219. The maximum Gasteiger partial charge on any atom is 0.262 e. The monoisotopic (exact) mass is 1040 g/mol. The van der Waals surface area contributed by atoms with Crippen LogP contribution in [0.25, 0.3) is 43.1 Å². The highest BCUT2D eigenvalue weighted by atomic mass is 16.5. The van der Waals surface area contributed by atoms with Gasteiger partial charge < -0.3 is 28.7 Å². The summed E-state index contributed by atoms with van der Waals surface area (Å²) in [6.07, 6.45) is 1.33. The fourth-order valence-electron chi connectivity index (χ4n) is 10.9. The van der Waals surface area contributed by atoms with Gasteiger partial charge >= 0.3 is 0 Å². The molecule has 0 atom stereocenters. The van der Waals surface area contributed by atoms with E-state index in [-0.39, 0.29) is 56.0 Å². The summed E-state index contributed by atoms with van der Waals surface area (Å²) in [5, 5.41) is 2.63. The third kappa shape index (κ3) is 8.82. The number of aryl methyl sites for hydroxylation is 4. The number of nitrogens with zero attached hydrogens (tertiary/aromatic N) is 4. The zero-order valence-corrected chi connectivity index (χ0v) is 44.7. The van der Waals surface area contributed by atoms with Crippen molar-refractivity contribution in [1.82, 2.24) is 19.6 Å². The average Bonchev–Trinajstić information content (AvgIpc) is 1.68. The molecule has 0 aliphatic carbocycles. The Hall–Kier alpha value is -9.30. The van der Waals surface area contributed by atoms with Crippen LogP contribution in [0, 0.1) is 27.7 Å². The highest BCUT2D eigenvalue weighted by Gasteiger charge is 2.42. The van der Waals surface area contributed by atoms with Crippen molar-refractivity contribution in [2.45, 2.75) is 54.4 Å². The van der Waals surface area contributed by atoms with E-state index in [1.807, 2.05) is 114 Å². The molecule has 0 aromatic heterocycles. The second kappa shape index (κ2) is 20.0. The Morgan fingerprint density at radius 3 is 0.872 bits per heavy atom. The predicted molar refractivity (Wildman–Crippen MR) is 299 cm³/mol. The van der Waals surface area contributed by atoms with E-state index in [9.17, 15) is 9.59 Å². The Bertz CT molecular complexity index is 3550. The van der Waals surface area contributed by atoms with Crippen molar-refractivity contribution in [3.8, 4) is 46.0 Å². The molecule has 2 aliphatic heterocycles. The van der Waals surface area contributed by atoms with Crippen molar-refractivity contribution in [3.05, 3.63) is 166 Å². The molecule has 9 aromatic rings. The van der Waals surface area contributed by atoms with E-state index in [4.69, 9.17) is 18.9 Å². The summed E-state index contributed by atoms with van der Waals surface area (Å²) in [6, 6.07) is 36.0. The number of carbonyl (C=O) groups excluding carboxylic acids is 6. The van der Waals surface area contributed by atoms with Gasteiger partial charge in [0, 0.05) is 70.3 Å². The number of ether oxygens (including phenoxy) is 4. The molecule has 0 spiro atoms. The lowest BCUT2D eigenvalue weighted by Gasteiger charge is -2.33. The van der Waals surface area contributed by atoms with Gasteiger partial charge in [0.2, 0.25) is 11.8 Å². The third-order valence-corrected chi connectivity index (χ3v) is 14.5. The first-order chi connectivity index (χ1) is 37.5. The molecule has 2 aliphatic rings. The molecule has 0 bridgehead atoms. The number of hydrogen-bond acceptors (Lipinski definition) is 10. The van der Waals surface area contributed by atoms with Crippen LogP contribution in [-0.2, 0) is 9.59 Å². The molecule has 78 heavy (non-hydrogen) atoms. The normalized spacial score (nSPS) is 13.1. The van der Waals surface area contributed by atoms with Crippen LogP contribution < -0.4 is 18.9 Å². The molecule has 0 fully saturated rings. The zero-order chi connectivity index (χ0) is 54.8. The van der Waals surface area contributed by atoms with E-state index in [2.05, 4.69) is 0 Å². The largest absolute Gasteiger partial charge is 0.457 e. The Morgan fingerprint density at radius 2 is 0.641 bits per heavy atom. The molecule has 0 radical (unpaired) electrons. The van der Waals surface area contributed by atoms with E-state index >= 15 is 19.2 Å². The van der Waals surface area contributed by atoms with Gasteiger partial charge in [-0.3, -0.25) is 38.6 Å². The summed E-state index contributed by atoms with van der Waals surface area (Å²) >= 11 is 0. The number of amides is 6. The number of hydrogen-bond donors (Lipinski definition) is 0. The van der Waals surface area contributed by atoms with Crippen LogP contribution in [-0.4, -0.2) is 95.3 Å². The summed E-state index contributed by atoms with van der Waals surface area (Å²) < 4.78 is 28.1. The van der Waals surface area contributed by atoms with Crippen molar-refractivity contribution in [1.29, 1.82) is 0 Å². The van der Waals surface area contributed by atoms with Crippen molar-refractivity contribution in [2.75, 3.05) is 40.3 Å². The van der Waals surface area contributed by atoms with Crippen LogP contribution in [0.5, 0.6) is 46.0 Å². The van der Waals surface area contributed by atoms with E-state index in [0.717, 1.165) is 32.1 Å². The lowest BCUT2D eigenvalue weighted by Crippen LogP contribution is -2.47. The molecular weight excluding hydrogens is 985 g/mol. The Labute approximate surface area is 450 Å². The van der Waals surface area contributed by atoms with Gasteiger partial charge in [-0.25, -0.2) is 0 Å². The van der Waals surface area contributed by atoms with Crippen LogP contribution in [0.2, 0.25) is 0 Å². The number of benzene rings is 9. The molecule has 392 valence electrons. The second-order valence-corrected chi connectivity index (χ2v) is 20.4. The number of fused-ring (bicyclic) bond motifs is 2. The lowest BCUT2D eigenvalue weighted by molar-refractivity contribution is -0.130. The minimum atomic E-state index is -0.719. The number of rotatable bonds is 16. The van der Waals surface area contributed by atoms with Crippen molar-refractivity contribution < 1.29 is 47.7 Å². The summed E-state index contributed by atoms with van der Waals surface area (Å²) in [5.41, 5.74) is 3.85. The van der Waals surface area contributed by atoms with Crippen molar-refractivity contribution in [2.24, 2.45) is 0 Å². The zero-order valence-electron chi connectivity index (χ0n) is 44.7. The van der Waals surface area contributed by atoms with Gasteiger partial charge in [-0.2, -0.15) is 0 Å². The molecule has 0 saturated carbocycles. The summed E-state index contributed by atoms with van der Waals surface area (Å²) in [4.78, 5) is 93.9. The first kappa shape index (κ1) is 50.8. The highest BCUT2D eigenvalue weighted by molar-refractivity contribution is 6.45. The Kier molecular flexibility index (Phi) is 13.0. The summed E-state index contributed by atoms with van der Waals surface area (Å²) in [7, 11) is 3.27. The Balaban J connectivity index is 1.35. The number of likely N-dealkylation sites (N-methyl/N-ethyl adjacent to an activating group) is 2. The van der Waals surface area contributed by atoms with Gasteiger partial charge in [-0.15, -0.1) is 0 Å². The minimum Gasteiger partial charge on any atom is -0.457 e. The van der Waals surface area contributed by atoms with Crippen LogP contribution in [0.15, 0.2) is 121 Å². The topological polar surface area (TPSA) is 152 Å². The molecule has 2 heterocycles. The maximum atomic E-state index is 15.3. The summed E-state index contributed by atoms with van der Waals surface area (Å²) in [5.74, 6) is -1.46. The van der Waals surface area contributed by atoms with Crippen molar-refractivity contribution >= 4 is 78.5 Å². The number of carbonyl (C=O) groups is 6. The van der Waals surface area contributed by atoms with Gasteiger partial charge in [0.05, 0.1) is 22.3 Å². The molecule has 14 heteroatoms. The smallest absolute Gasteiger partial charge is 0.262 e. The van der Waals surface area contributed by atoms with Crippen LogP contribution in [0.4, 0.5) is 0 Å². The second-order valence-electron chi connectivity index (χ2n) is 20.4. The van der Waals surface area contributed by atoms with Gasteiger partial charge in [0.1, 0.15) is 59.1 Å². The van der Waals surface area contributed by atoms with Gasteiger partial charge in [-0.05, 0) is 136 Å². The van der Waals surface area contributed by atoms with Crippen molar-refractivity contribution in [3.63, 3.8) is 0 Å². The van der Waals surface area contributed by atoms with Gasteiger partial charge in [-0.1, -0.05) is 62.4 Å². The van der Waals surface area contributed by atoms with Crippen LogP contribution in [0.3, 0.4) is 0 Å². The molecular formula is C64H56N4O10. The fourth-order valence-corrected chi connectivity index (χ4v) is 10.9. The third-order valence-electron chi connectivity index (χ3n) is 14.5.